The first-order valence-electron chi connectivity index (χ1n) is 7.12. The third-order valence-electron chi connectivity index (χ3n) is 4.08. The second-order valence-electron chi connectivity index (χ2n) is 5.34. The summed E-state index contributed by atoms with van der Waals surface area (Å²) in [6, 6.07) is 8.14. The minimum atomic E-state index is 0.0559. The number of hydrogen-bond acceptors (Lipinski definition) is 4. The summed E-state index contributed by atoms with van der Waals surface area (Å²) in [6.07, 6.45) is 7.09. The summed E-state index contributed by atoms with van der Waals surface area (Å²) in [7, 11) is 0. The molecular weight excluding hydrogens is 286 g/mol. The van der Waals surface area contributed by atoms with Gasteiger partial charge in [0.25, 0.3) is 0 Å². The van der Waals surface area contributed by atoms with Gasteiger partial charge in [0.1, 0.15) is 5.82 Å². The predicted octanol–water partition coefficient (Wildman–Crippen LogP) is 3.29. The molecule has 0 saturated carbocycles. The van der Waals surface area contributed by atoms with Gasteiger partial charge in [-0.1, -0.05) is 23.7 Å². The van der Waals surface area contributed by atoms with Crippen molar-refractivity contribution in [3.05, 3.63) is 53.4 Å². The number of anilines is 1. The molecule has 0 aliphatic carbocycles. The average Bonchev–Trinajstić information content (AvgIpc) is 2.55. The molecule has 1 aliphatic rings. The summed E-state index contributed by atoms with van der Waals surface area (Å²) in [5.41, 5.74) is 1.35. The van der Waals surface area contributed by atoms with Gasteiger partial charge >= 0.3 is 0 Å². The Labute approximate surface area is 129 Å². The van der Waals surface area contributed by atoms with Crippen molar-refractivity contribution >= 4 is 17.4 Å². The SMILES string of the molecule is Clc1ccc(C2(CNc3cnccn3)CCOCC2)cc1. The van der Waals surface area contributed by atoms with Crippen molar-refractivity contribution in [2.24, 2.45) is 0 Å². The number of hydrogen-bond donors (Lipinski definition) is 1. The van der Waals surface area contributed by atoms with Crippen LogP contribution in [0.3, 0.4) is 0 Å². The van der Waals surface area contributed by atoms with Crippen molar-refractivity contribution in [1.29, 1.82) is 0 Å². The molecule has 1 aliphatic heterocycles. The van der Waals surface area contributed by atoms with E-state index >= 15 is 0 Å². The van der Waals surface area contributed by atoms with E-state index in [1.807, 2.05) is 12.1 Å². The second kappa shape index (κ2) is 6.41. The Morgan fingerprint density at radius 2 is 1.90 bits per heavy atom. The van der Waals surface area contributed by atoms with Crippen LogP contribution in [0, 0.1) is 0 Å². The normalized spacial score (nSPS) is 17.4. The summed E-state index contributed by atoms with van der Waals surface area (Å²) < 4.78 is 5.54. The predicted molar refractivity (Wildman–Crippen MR) is 83.7 cm³/mol. The van der Waals surface area contributed by atoms with Crippen LogP contribution in [0.4, 0.5) is 5.82 Å². The van der Waals surface area contributed by atoms with Gasteiger partial charge < -0.3 is 10.1 Å². The minimum Gasteiger partial charge on any atom is -0.381 e. The van der Waals surface area contributed by atoms with Gasteiger partial charge in [0.05, 0.1) is 6.20 Å². The van der Waals surface area contributed by atoms with Crippen LogP contribution in [0.15, 0.2) is 42.9 Å². The van der Waals surface area contributed by atoms with E-state index in [-0.39, 0.29) is 5.41 Å². The molecule has 110 valence electrons. The van der Waals surface area contributed by atoms with E-state index in [4.69, 9.17) is 16.3 Å². The Hall–Kier alpha value is -1.65. The lowest BCUT2D eigenvalue weighted by Gasteiger charge is -2.38. The molecule has 0 unspecified atom stereocenters. The lowest BCUT2D eigenvalue weighted by Crippen LogP contribution is -2.40. The van der Waals surface area contributed by atoms with Crippen LogP contribution >= 0.6 is 11.6 Å². The fraction of sp³-hybridized carbons (Fsp3) is 0.375. The quantitative estimate of drug-likeness (QED) is 0.941. The number of nitrogens with zero attached hydrogens (tertiary/aromatic N) is 2. The molecule has 4 nitrogen and oxygen atoms in total. The van der Waals surface area contributed by atoms with Crippen LogP contribution in [0.1, 0.15) is 18.4 Å². The lowest BCUT2D eigenvalue weighted by molar-refractivity contribution is 0.0543. The van der Waals surface area contributed by atoms with Crippen LogP contribution in [0.2, 0.25) is 5.02 Å². The highest BCUT2D eigenvalue weighted by Crippen LogP contribution is 2.35. The van der Waals surface area contributed by atoms with Gasteiger partial charge in [-0.2, -0.15) is 0 Å². The van der Waals surface area contributed by atoms with Crippen LogP contribution in [-0.4, -0.2) is 29.7 Å². The highest BCUT2D eigenvalue weighted by atomic mass is 35.5. The Balaban J connectivity index is 1.81. The molecule has 0 bridgehead atoms. The molecule has 1 saturated heterocycles. The minimum absolute atomic E-state index is 0.0559. The Bertz CT molecular complexity index is 568. The molecule has 1 aromatic carbocycles. The second-order valence-corrected chi connectivity index (χ2v) is 5.78. The van der Waals surface area contributed by atoms with Crippen molar-refractivity contribution in [3.8, 4) is 0 Å². The molecule has 2 aromatic rings. The zero-order valence-electron chi connectivity index (χ0n) is 11.8. The average molecular weight is 304 g/mol. The number of rotatable bonds is 4. The fourth-order valence-electron chi connectivity index (χ4n) is 2.78. The molecule has 21 heavy (non-hydrogen) atoms. The topological polar surface area (TPSA) is 47.0 Å². The van der Waals surface area contributed by atoms with Crippen LogP contribution < -0.4 is 5.32 Å². The van der Waals surface area contributed by atoms with Gasteiger partial charge in [0, 0.05) is 42.6 Å². The summed E-state index contributed by atoms with van der Waals surface area (Å²) in [4.78, 5) is 8.36. The van der Waals surface area contributed by atoms with E-state index in [0.717, 1.165) is 43.4 Å². The van der Waals surface area contributed by atoms with E-state index in [0.29, 0.717) is 0 Å². The van der Waals surface area contributed by atoms with E-state index in [1.54, 1.807) is 18.6 Å². The third kappa shape index (κ3) is 3.34. The van der Waals surface area contributed by atoms with E-state index in [2.05, 4.69) is 27.4 Å². The van der Waals surface area contributed by atoms with Gasteiger partial charge in [0.2, 0.25) is 0 Å². The highest BCUT2D eigenvalue weighted by Gasteiger charge is 2.34. The van der Waals surface area contributed by atoms with Crippen LogP contribution in [0.25, 0.3) is 0 Å². The Morgan fingerprint density at radius 1 is 1.14 bits per heavy atom. The van der Waals surface area contributed by atoms with E-state index in [9.17, 15) is 0 Å². The molecule has 1 fully saturated rings. The smallest absolute Gasteiger partial charge is 0.144 e. The number of nitrogens with one attached hydrogen (secondary N) is 1. The van der Waals surface area contributed by atoms with Crippen molar-refractivity contribution in [3.63, 3.8) is 0 Å². The fourth-order valence-corrected chi connectivity index (χ4v) is 2.91. The molecule has 1 N–H and O–H groups in total. The molecule has 5 heteroatoms. The van der Waals surface area contributed by atoms with Gasteiger partial charge in [-0.3, -0.25) is 4.98 Å². The number of ether oxygens (including phenoxy) is 1. The molecule has 2 heterocycles. The first-order valence-corrected chi connectivity index (χ1v) is 7.50. The number of aromatic nitrogens is 2. The monoisotopic (exact) mass is 303 g/mol. The zero-order valence-corrected chi connectivity index (χ0v) is 12.5. The van der Waals surface area contributed by atoms with Gasteiger partial charge in [-0.15, -0.1) is 0 Å². The highest BCUT2D eigenvalue weighted by molar-refractivity contribution is 6.30. The molecule has 0 spiro atoms. The largest absolute Gasteiger partial charge is 0.381 e. The molecule has 0 atom stereocenters. The Morgan fingerprint density at radius 3 is 2.57 bits per heavy atom. The Kier molecular flexibility index (Phi) is 4.36. The molecule has 1 aromatic heterocycles. The van der Waals surface area contributed by atoms with Crippen molar-refractivity contribution in [2.75, 3.05) is 25.1 Å². The zero-order chi connectivity index (χ0) is 14.5. The molecule has 0 radical (unpaired) electrons. The standard InChI is InChI=1S/C16H18ClN3O/c17-14-3-1-13(2-4-14)16(5-9-21-10-6-16)12-20-15-11-18-7-8-19-15/h1-4,7-8,11H,5-6,9-10,12H2,(H,19,20). The summed E-state index contributed by atoms with van der Waals surface area (Å²) in [6.45, 7) is 2.38. The lowest BCUT2D eigenvalue weighted by atomic mass is 9.74. The number of halogens is 1. The van der Waals surface area contributed by atoms with Crippen molar-refractivity contribution in [2.45, 2.75) is 18.3 Å². The van der Waals surface area contributed by atoms with Crippen LogP contribution in [0.5, 0.6) is 0 Å². The maximum Gasteiger partial charge on any atom is 0.144 e. The maximum absolute atomic E-state index is 6.01. The summed E-state index contributed by atoms with van der Waals surface area (Å²) in [5.74, 6) is 0.803. The van der Waals surface area contributed by atoms with E-state index in [1.165, 1.54) is 5.56 Å². The van der Waals surface area contributed by atoms with Crippen molar-refractivity contribution in [1.82, 2.24) is 9.97 Å². The maximum atomic E-state index is 6.01. The number of benzene rings is 1. The van der Waals surface area contributed by atoms with Crippen molar-refractivity contribution < 1.29 is 4.74 Å². The first-order chi connectivity index (χ1) is 10.3. The first kappa shape index (κ1) is 14.3. The van der Waals surface area contributed by atoms with Gasteiger partial charge in [-0.25, -0.2) is 4.98 Å². The molecule has 3 rings (SSSR count). The van der Waals surface area contributed by atoms with Gasteiger partial charge in [0.15, 0.2) is 0 Å². The van der Waals surface area contributed by atoms with Gasteiger partial charge in [-0.05, 0) is 30.5 Å². The van der Waals surface area contributed by atoms with E-state index < -0.39 is 0 Å². The third-order valence-corrected chi connectivity index (χ3v) is 4.33. The molecular formula is C16H18ClN3O. The van der Waals surface area contributed by atoms with Crippen LogP contribution in [-0.2, 0) is 10.2 Å². The summed E-state index contributed by atoms with van der Waals surface area (Å²) in [5, 5.41) is 4.17. The molecule has 0 amide bonds. The summed E-state index contributed by atoms with van der Waals surface area (Å²) >= 11 is 6.01.